The summed E-state index contributed by atoms with van der Waals surface area (Å²) < 4.78 is 41.0. The van der Waals surface area contributed by atoms with Crippen molar-refractivity contribution in [2.45, 2.75) is 13.1 Å². The maximum Gasteiger partial charge on any atom is 0.416 e. The predicted molar refractivity (Wildman–Crippen MR) is 104 cm³/mol. The molecule has 0 amide bonds. The van der Waals surface area contributed by atoms with Crippen LogP contribution in [0.1, 0.15) is 16.8 Å². The van der Waals surface area contributed by atoms with Crippen molar-refractivity contribution in [3.8, 4) is 34.5 Å². The van der Waals surface area contributed by atoms with Crippen LogP contribution in [0.4, 0.5) is 13.2 Å². The number of nitrogens with one attached hydrogen (secondary N) is 2. The van der Waals surface area contributed by atoms with Crippen LogP contribution in [0.2, 0.25) is 0 Å². The number of nitriles is 1. The number of benzene rings is 2. The Labute approximate surface area is 168 Å². The Kier molecular flexibility index (Phi) is 4.54. The van der Waals surface area contributed by atoms with Gasteiger partial charge in [-0.3, -0.25) is 4.57 Å². The molecule has 0 bridgehead atoms. The first-order valence-corrected chi connectivity index (χ1v) is 8.83. The Bertz CT molecular complexity index is 1320. The van der Waals surface area contributed by atoms with Crippen molar-refractivity contribution < 1.29 is 13.2 Å². The van der Waals surface area contributed by atoms with Crippen molar-refractivity contribution >= 4 is 0 Å². The number of aromatic amines is 2. The largest absolute Gasteiger partial charge is 0.416 e. The molecular formula is C21H14F3N5O. The van der Waals surface area contributed by atoms with E-state index < -0.39 is 17.4 Å². The zero-order valence-corrected chi connectivity index (χ0v) is 15.6. The zero-order valence-electron chi connectivity index (χ0n) is 15.6. The molecule has 4 aromatic rings. The Morgan fingerprint density at radius 3 is 2.43 bits per heavy atom. The molecule has 2 aromatic carbocycles. The van der Waals surface area contributed by atoms with E-state index in [1.54, 1.807) is 42.0 Å². The van der Waals surface area contributed by atoms with E-state index in [4.69, 9.17) is 5.26 Å². The minimum atomic E-state index is -4.48. The van der Waals surface area contributed by atoms with Gasteiger partial charge >= 0.3 is 11.9 Å². The molecule has 0 spiro atoms. The molecule has 0 aliphatic rings. The average Bonchev–Trinajstić information content (AvgIpc) is 3.30. The highest BCUT2D eigenvalue weighted by Crippen LogP contribution is 2.33. The van der Waals surface area contributed by atoms with Gasteiger partial charge in [-0.2, -0.15) is 18.4 Å². The molecule has 4 rings (SSSR count). The summed E-state index contributed by atoms with van der Waals surface area (Å²) in [4.78, 5) is 21.5. The second kappa shape index (κ2) is 7.08. The van der Waals surface area contributed by atoms with E-state index in [0.717, 1.165) is 12.1 Å². The summed E-state index contributed by atoms with van der Waals surface area (Å²) in [6.07, 6.45) is -2.88. The fourth-order valence-corrected chi connectivity index (χ4v) is 3.14. The van der Waals surface area contributed by atoms with Gasteiger partial charge < -0.3 is 9.97 Å². The molecule has 6 nitrogen and oxygen atoms in total. The van der Waals surface area contributed by atoms with Crippen LogP contribution in [0, 0.1) is 18.3 Å². The minimum Gasteiger partial charge on any atom is -0.310 e. The summed E-state index contributed by atoms with van der Waals surface area (Å²) >= 11 is 0. The monoisotopic (exact) mass is 409 g/mol. The molecule has 0 atom stereocenters. The van der Waals surface area contributed by atoms with Gasteiger partial charge in [-0.05, 0) is 43.3 Å². The van der Waals surface area contributed by atoms with Gasteiger partial charge in [-0.25, -0.2) is 9.78 Å². The molecule has 150 valence electrons. The fourth-order valence-electron chi connectivity index (χ4n) is 3.14. The highest BCUT2D eigenvalue weighted by atomic mass is 19.4. The number of imidazole rings is 2. The Hall–Kier alpha value is -4.06. The van der Waals surface area contributed by atoms with E-state index in [1.807, 2.05) is 6.07 Å². The maximum atomic E-state index is 13.1. The summed E-state index contributed by atoms with van der Waals surface area (Å²) in [5.74, 6) is 0.350. The van der Waals surface area contributed by atoms with Crippen molar-refractivity contribution in [3.63, 3.8) is 0 Å². The van der Waals surface area contributed by atoms with Gasteiger partial charge in [0.1, 0.15) is 5.69 Å². The zero-order chi connectivity index (χ0) is 21.5. The number of hydrogen-bond acceptors (Lipinski definition) is 3. The quantitative estimate of drug-likeness (QED) is 0.525. The number of rotatable bonds is 3. The molecule has 30 heavy (non-hydrogen) atoms. The first kappa shape index (κ1) is 19.3. The van der Waals surface area contributed by atoms with Gasteiger partial charge in [-0.15, -0.1) is 0 Å². The number of halogens is 3. The summed E-state index contributed by atoms with van der Waals surface area (Å²) in [7, 11) is 0. The summed E-state index contributed by atoms with van der Waals surface area (Å²) in [6, 6.07) is 13.5. The van der Waals surface area contributed by atoms with Crippen molar-refractivity contribution in [1.29, 1.82) is 5.26 Å². The summed E-state index contributed by atoms with van der Waals surface area (Å²) in [6.45, 7) is 1.69. The van der Waals surface area contributed by atoms with E-state index in [1.165, 1.54) is 12.1 Å². The van der Waals surface area contributed by atoms with E-state index in [-0.39, 0.29) is 5.56 Å². The van der Waals surface area contributed by atoms with Crippen molar-refractivity contribution in [2.75, 3.05) is 0 Å². The number of aryl methyl sites for hydroxylation is 1. The Balaban J connectivity index is 1.91. The second-order valence-corrected chi connectivity index (χ2v) is 6.64. The Morgan fingerprint density at radius 1 is 1.10 bits per heavy atom. The van der Waals surface area contributed by atoms with Crippen molar-refractivity contribution in [2.24, 2.45) is 0 Å². The number of nitrogens with zero attached hydrogens (tertiary/aromatic N) is 3. The molecule has 0 saturated heterocycles. The molecular weight excluding hydrogens is 395 g/mol. The standard InChI is InChI=1S/C21H14F3N5O/c1-12-18(28-20(30)26-12)19-27-17(14-3-2-4-15(9-14)21(22,23)24)11-29(19)16-7-5-13(10-25)6-8-16/h2-9,11H,1H3,(H2,26,28,30). The lowest BCUT2D eigenvalue weighted by molar-refractivity contribution is -0.137. The number of H-pyrrole nitrogens is 2. The average molecular weight is 409 g/mol. The third-order valence-corrected chi connectivity index (χ3v) is 4.60. The van der Waals surface area contributed by atoms with Crippen LogP contribution in [-0.4, -0.2) is 19.5 Å². The van der Waals surface area contributed by atoms with Gasteiger partial charge in [0.2, 0.25) is 0 Å². The minimum absolute atomic E-state index is 0.286. The SMILES string of the molecule is Cc1[nH]c(=O)[nH]c1-c1nc(-c2cccc(C(F)(F)F)c2)cn1-c1ccc(C#N)cc1. The molecule has 9 heteroatoms. The molecule has 0 aliphatic carbocycles. The first-order valence-electron chi connectivity index (χ1n) is 8.83. The molecule has 0 unspecified atom stereocenters. The molecule has 0 radical (unpaired) electrons. The number of alkyl halides is 3. The topological polar surface area (TPSA) is 90.3 Å². The molecule has 0 aliphatic heterocycles. The van der Waals surface area contributed by atoms with Crippen LogP contribution >= 0.6 is 0 Å². The van der Waals surface area contributed by atoms with Crippen LogP contribution in [0.3, 0.4) is 0 Å². The third kappa shape index (κ3) is 3.51. The Morgan fingerprint density at radius 2 is 1.83 bits per heavy atom. The lowest BCUT2D eigenvalue weighted by Crippen LogP contribution is -2.04. The van der Waals surface area contributed by atoms with Crippen LogP contribution in [0.25, 0.3) is 28.5 Å². The van der Waals surface area contributed by atoms with Crippen LogP contribution in [-0.2, 0) is 6.18 Å². The smallest absolute Gasteiger partial charge is 0.310 e. The van der Waals surface area contributed by atoms with Gasteiger partial charge in [0.05, 0.1) is 22.9 Å². The first-order chi connectivity index (χ1) is 14.3. The lowest BCUT2D eigenvalue weighted by Gasteiger charge is -2.07. The van der Waals surface area contributed by atoms with Gasteiger partial charge in [0.25, 0.3) is 0 Å². The fraction of sp³-hybridized carbons (Fsp3) is 0.0952. The molecule has 0 fully saturated rings. The molecule has 0 saturated carbocycles. The lowest BCUT2D eigenvalue weighted by atomic mass is 10.1. The predicted octanol–water partition coefficient (Wildman–Crippen LogP) is 4.42. The van der Waals surface area contributed by atoms with Gasteiger partial charge in [0.15, 0.2) is 5.82 Å². The number of hydrogen-bond donors (Lipinski definition) is 2. The van der Waals surface area contributed by atoms with E-state index in [9.17, 15) is 18.0 Å². The van der Waals surface area contributed by atoms with E-state index in [2.05, 4.69) is 15.0 Å². The molecule has 2 N–H and O–H groups in total. The van der Waals surface area contributed by atoms with E-state index in [0.29, 0.717) is 34.2 Å². The molecule has 2 aromatic heterocycles. The summed E-state index contributed by atoms with van der Waals surface area (Å²) in [5.41, 5.74) is 1.45. The van der Waals surface area contributed by atoms with Crippen LogP contribution < -0.4 is 5.69 Å². The second-order valence-electron chi connectivity index (χ2n) is 6.64. The van der Waals surface area contributed by atoms with Crippen LogP contribution in [0.5, 0.6) is 0 Å². The highest BCUT2D eigenvalue weighted by Gasteiger charge is 2.30. The number of aromatic nitrogens is 4. The van der Waals surface area contributed by atoms with Crippen LogP contribution in [0.15, 0.2) is 59.5 Å². The maximum absolute atomic E-state index is 13.1. The van der Waals surface area contributed by atoms with Gasteiger partial charge in [0, 0.05) is 23.1 Å². The third-order valence-electron chi connectivity index (χ3n) is 4.60. The van der Waals surface area contributed by atoms with Crippen molar-refractivity contribution in [1.82, 2.24) is 19.5 Å². The normalized spacial score (nSPS) is 11.4. The van der Waals surface area contributed by atoms with Gasteiger partial charge in [-0.1, -0.05) is 12.1 Å². The van der Waals surface area contributed by atoms with Crippen molar-refractivity contribution in [3.05, 3.63) is 82.0 Å². The molecule has 2 heterocycles. The summed E-state index contributed by atoms with van der Waals surface area (Å²) in [5, 5.41) is 9.01. The van der Waals surface area contributed by atoms with E-state index >= 15 is 0 Å². The highest BCUT2D eigenvalue weighted by molar-refractivity contribution is 5.67.